The van der Waals surface area contributed by atoms with Gasteiger partial charge in [-0.05, 0) is 49.9 Å². The van der Waals surface area contributed by atoms with Crippen LogP contribution < -0.4 is 5.73 Å². The Morgan fingerprint density at radius 2 is 1.96 bits per heavy atom. The first kappa shape index (κ1) is 17.1. The predicted octanol–water partition coefficient (Wildman–Crippen LogP) is 2.96. The number of nitrogens with two attached hydrogens (primary N) is 1. The summed E-state index contributed by atoms with van der Waals surface area (Å²) in [7, 11) is 0. The van der Waals surface area contributed by atoms with E-state index in [1.54, 1.807) is 4.90 Å². The lowest BCUT2D eigenvalue weighted by molar-refractivity contribution is 0.0695. The third-order valence-corrected chi connectivity index (χ3v) is 5.53. The molecule has 0 radical (unpaired) electrons. The Labute approximate surface area is 151 Å². The van der Waals surface area contributed by atoms with E-state index in [0.717, 1.165) is 38.5 Å². The molecule has 7 heteroatoms. The number of benzene rings is 1. The zero-order valence-corrected chi connectivity index (χ0v) is 14.7. The topological polar surface area (TPSA) is 85.2 Å². The third kappa shape index (κ3) is 3.23. The second-order valence-electron chi connectivity index (χ2n) is 7.42. The van der Waals surface area contributed by atoms with Gasteiger partial charge in [0.05, 0.1) is 11.5 Å². The van der Waals surface area contributed by atoms with Crippen molar-refractivity contribution >= 4 is 5.91 Å². The summed E-state index contributed by atoms with van der Waals surface area (Å²) in [6.07, 6.45) is 5.70. The van der Waals surface area contributed by atoms with Gasteiger partial charge < -0.3 is 15.2 Å². The Bertz CT molecular complexity index is 783. The molecule has 1 aromatic heterocycles. The van der Waals surface area contributed by atoms with E-state index in [1.165, 1.54) is 24.3 Å². The fraction of sp³-hybridized carbons (Fsp3) is 0.526. The van der Waals surface area contributed by atoms with Crippen molar-refractivity contribution in [3.63, 3.8) is 0 Å². The predicted molar refractivity (Wildman–Crippen MR) is 92.9 cm³/mol. The molecule has 1 saturated heterocycles. The van der Waals surface area contributed by atoms with Gasteiger partial charge in [0.25, 0.3) is 5.91 Å². The van der Waals surface area contributed by atoms with Gasteiger partial charge in [0, 0.05) is 18.7 Å². The molecule has 1 aromatic carbocycles. The number of likely N-dealkylation sites (tertiary alicyclic amines) is 1. The van der Waals surface area contributed by atoms with E-state index in [1.807, 2.05) is 0 Å². The van der Waals surface area contributed by atoms with E-state index in [2.05, 4.69) is 10.1 Å². The fourth-order valence-corrected chi connectivity index (χ4v) is 3.97. The van der Waals surface area contributed by atoms with Crippen LogP contribution in [0.5, 0.6) is 0 Å². The van der Waals surface area contributed by atoms with Gasteiger partial charge in [0.1, 0.15) is 5.82 Å². The average Bonchev–Trinajstić information content (AvgIpc) is 3.32. The average molecular weight is 358 g/mol. The summed E-state index contributed by atoms with van der Waals surface area (Å²) in [5, 5.41) is 4.13. The first-order chi connectivity index (χ1) is 12.5. The molecule has 2 aromatic rings. The van der Waals surface area contributed by atoms with Crippen LogP contribution in [0.15, 0.2) is 28.8 Å². The van der Waals surface area contributed by atoms with Crippen molar-refractivity contribution in [2.45, 2.75) is 50.0 Å². The zero-order chi connectivity index (χ0) is 18.1. The Morgan fingerprint density at radius 1 is 1.23 bits per heavy atom. The zero-order valence-electron chi connectivity index (χ0n) is 14.7. The van der Waals surface area contributed by atoms with Crippen LogP contribution in [0.2, 0.25) is 0 Å². The monoisotopic (exact) mass is 358 g/mol. The molecule has 1 aliphatic heterocycles. The third-order valence-electron chi connectivity index (χ3n) is 5.53. The van der Waals surface area contributed by atoms with Crippen LogP contribution in [0.4, 0.5) is 4.39 Å². The molecule has 6 nitrogen and oxygen atoms in total. The molecule has 1 saturated carbocycles. The number of carbonyl (C=O) groups excluding carboxylic acids is 1. The van der Waals surface area contributed by atoms with E-state index >= 15 is 0 Å². The molecule has 0 bridgehead atoms. The fourth-order valence-electron chi connectivity index (χ4n) is 3.97. The number of rotatable bonds is 3. The van der Waals surface area contributed by atoms with Gasteiger partial charge in [-0.25, -0.2) is 4.39 Å². The second kappa shape index (κ2) is 6.79. The number of carbonyl (C=O) groups is 1. The van der Waals surface area contributed by atoms with Crippen LogP contribution in [0, 0.1) is 5.82 Å². The van der Waals surface area contributed by atoms with Gasteiger partial charge in [-0.15, -0.1) is 0 Å². The molecule has 138 valence electrons. The Hall–Kier alpha value is -2.28. The Morgan fingerprint density at radius 3 is 2.69 bits per heavy atom. The lowest BCUT2D eigenvalue weighted by Crippen LogP contribution is -2.39. The van der Waals surface area contributed by atoms with E-state index in [-0.39, 0.29) is 17.6 Å². The standard InChI is InChI=1S/C19H23FN4O2/c20-15-7-5-13(6-8-15)17(25)24-11-3-4-14(12-24)16-22-18(23-26-16)19(21)9-1-2-10-19/h5-8,14H,1-4,9-12,21H2. The number of hydrogen-bond donors (Lipinski definition) is 1. The number of amides is 1. The van der Waals surface area contributed by atoms with E-state index in [9.17, 15) is 9.18 Å². The number of piperidine rings is 1. The van der Waals surface area contributed by atoms with E-state index < -0.39 is 5.54 Å². The summed E-state index contributed by atoms with van der Waals surface area (Å²) >= 11 is 0. The maximum Gasteiger partial charge on any atom is 0.253 e. The van der Waals surface area contributed by atoms with Crippen molar-refractivity contribution in [2.75, 3.05) is 13.1 Å². The quantitative estimate of drug-likeness (QED) is 0.912. The Balaban J connectivity index is 1.47. The summed E-state index contributed by atoms with van der Waals surface area (Å²) in [5.74, 6) is 0.722. The van der Waals surface area contributed by atoms with Gasteiger partial charge >= 0.3 is 0 Å². The normalized spacial score (nSPS) is 22.5. The molecule has 0 spiro atoms. The van der Waals surface area contributed by atoms with Crippen LogP contribution >= 0.6 is 0 Å². The molecule has 2 aliphatic rings. The first-order valence-corrected chi connectivity index (χ1v) is 9.23. The maximum atomic E-state index is 13.1. The second-order valence-corrected chi connectivity index (χ2v) is 7.42. The number of halogens is 1. The van der Waals surface area contributed by atoms with Crippen molar-refractivity contribution in [3.05, 3.63) is 47.4 Å². The smallest absolute Gasteiger partial charge is 0.253 e. The highest BCUT2D eigenvalue weighted by atomic mass is 19.1. The van der Waals surface area contributed by atoms with Crippen molar-refractivity contribution in [1.29, 1.82) is 0 Å². The van der Waals surface area contributed by atoms with Crippen LogP contribution in [0.25, 0.3) is 0 Å². The first-order valence-electron chi connectivity index (χ1n) is 9.23. The largest absolute Gasteiger partial charge is 0.339 e. The van der Waals surface area contributed by atoms with Crippen LogP contribution in [0.1, 0.15) is 66.5 Å². The minimum absolute atomic E-state index is 0.0133. The number of aromatic nitrogens is 2. The maximum absolute atomic E-state index is 13.1. The lowest BCUT2D eigenvalue weighted by atomic mass is 9.96. The SMILES string of the molecule is NC1(c2noc(C3CCCN(C(=O)c4ccc(F)cc4)C3)n2)CCCC1. The van der Waals surface area contributed by atoms with Gasteiger partial charge in [-0.1, -0.05) is 18.0 Å². The molecule has 2 fully saturated rings. The summed E-state index contributed by atoms with van der Waals surface area (Å²) in [4.78, 5) is 19.0. The molecule has 2 heterocycles. The van der Waals surface area contributed by atoms with Crippen molar-refractivity contribution in [1.82, 2.24) is 15.0 Å². The summed E-state index contributed by atoms with van der Waals surface area (Å²) in [6.45, 7) is 1.20. The number of hydrogen-bond acceptors (Lipinski definition) is 5. The van der Waals surface area contributed by atoms with Gasteiger partial charge in [-0.3, -0.25) is 4.79 Å². The van der Waals surface area contributed by atoms with Crippen LogP contribution in [-0.2, 0) is 5.54 Å². The molecule has 1 amide bonds. The van der Waals surface area contributed by atoms with Crippen molar-refractivity contribution < 1.29 is 13.7 Å². The summed E-state index contributed by atoms with van der Waals surface area (Å²) in [6, 6.07) is 5.65. The highest BCUT2D eigenvalue weighted by Crippen LogP contribution is 2.36. The summed E-state index contributed by atoms with van der Waals surface area (Å²) < 4.78 is 18.6. The van der Waals surface area contributed by atoms with Gasteiger partial charge in [0.15, 0.2) is 5.82 Å². The minimum Gasteiger partial charge on any atom is -0.339 e. The van der Waals surface area contributed by atoms with E-state index in [0.29, 0.717) is 30.4 Å². The van der Waals surface area contributed by atoms with Gasteiger partial charge in [-0.2, -0.15) is 4.98 Å². The molecule has 4 rings (SSSR count). The molecular weight excluding hydrogens is 335 g/mol. The molecule has 26 heavy (non-hydrogen) atoms. The molecule has 1 unspecified atom stereocenters. The lowest BCUT2D eigenvalue weighted by Gasteiger charge is -2.31. The van der Waals surface area contributed by atoms with Crippen molar-refractivity contribution in [2.24, 2.45) is 5.73 Å². The van der Waals surface area contributed by atoms with E-state index in [4.69, 9.17) is 10.3 Å². The van der Waals surface area contributed by atoms with Gasteiger partial charge in [0.2, 0.25) is 5.89 Å². The number of nitrogens with zero attached hydrogens (tertiary/aromatic N) is 3. The van der Waals surface area contributed by atoms with Crippen LogP contribution in [-0.4, -0.2) is 34.0 Å². The highest BCUT2D eigenvalue weighted by Gasteiger charge is 2.37. The molecule has 1 aliphatic carbocycles. The summed E-state index contributed by atoms with van der Waals surface area (Å²) in [5.41, 5.74) is 6.43. The molecule has 2 N–H and O–H groups in total. The molecule has 1 atom stereocenters. The minimum atomic E-state index is -0.472. The highest BCUT2D eigenvalue weighted by molar-refractivity contribution is 5.94. The van der Waals surface area contributed by atoms with Crippen LogP contribution in [0.3, 0.4) is 0 Å². The molecular formula is C19H23FN4O2. The van der Waals surface area contributed by atoms with Crippen molar-refractivity contribution in [3.8, 4) is 0 Å². The Kier molecular flexibility index (Phi) is 4.48.